The molecule has 1 saturated heterocycles. The predicted octanol–water partition coefficient (Wildman–Crippen LogP) is 3.70. The summed E-state index contributed by atoms with van der Waals surface area (Å²) in [4.78, 5) is 7.11. The molecule has 0 saturated carbocycles. The molecule has 1 fully saturated rings. The molecule has 0 aromatic heterocycles. The molecular weight excluding hydrogens is 491 g/mol. The molecule has 3 rings (SSSR count). The Morgan fingerprint density at radius 1 is 1.23 bits per heavy atom. The number of nitrogens with one attached hydrogen (secondary N) is 2. The zero-order chi connectivity index (χ0) is 20.6. The number of aryl methyl sites for hydroxylation is 1. The van der Waals surface area contributed by atoms with Gasteiger partial charge in [0.1, 0.15) is 11.5 Å². The number of aliphatic imine (C=N–C) groups is 1. The highest BCUT2D eigenvalue weighted by atomic mass is 127. The summed E-state index contributed by atoms with van der Waals surface area (Å²) in [5, 5.41) is 17.0. The van der Waals surface area contributed by atoms with Crippen molar-refractivity contribution in [3.8, 4) is 11.5 Å². The van der Waals surface area contributed by atoms with Gasteiger partial charge >= 0.3 is 0 Å². The van der Waals surface area contributed by atoms with Crippen molar-refractivity contribution in [3.63, 3.8) is 0 Å². The smallest absolute Gasteiger partial charge is 0.191 e. The molecule has 0 bridgehead atoms. The van der Waals surface area contributed by atoms with E-state index in [0.29, 0.717) is 24.8 Å². The van der Waals surface area contributed by atoms with Gasteiger partial charge < -0.3 is 25.4 Å². The second-order valence-electron chi connectivity index (χ2n) is 7.42. The van der Waals surface area contributed by atoms with Crippen LogP contribution in [-0.4, -0.2) is 50.4 Å². The first kappa shape index (κ1) is 24.1. The van der Waals surface area contributed by atoms with Crippen molar-refractivity contribution in [3.05, 3.63) is 53.6 Å². The van der Waals surface area contributed by atoms with E-state index in [9.17, 15) is 5.11 Å². The van der Waals surface area contributed by atoms with E-state index in [0.717, 1.165) is 37.6 Å². The number of benzene rings is 2. The third-order valence-electron chi connectivity index (χ3n) is 5.22. The Morgan fingerprint density at radius 3 is 2.67 bits per heavy atom. The maximum atomic E-state index is 10.1. The maximum Gasteiger partial charge on any atom is 0.191 e. The molecule has 164 valence electrons. The van der Waals surface area contributed by atoms with Gasteiger partial charge in [-0.2, -0.15) is 0 Å². The summed E-state index contributed by atoms with van der Waals surface area (Å²) in [5.74, 6) is 1.74. The highest BCUT2D eigenvalue weighted by molar-refractivity contribution is 14.0. The predicted molar refractivity (Wildman–Crippen MR) is 135 cm³/mol. The average Bonchev–Trinajstić information content (AvgIpc) is 3.18. The number of phenols is 1. The van der Waals surface area contributed by atoms with Gasteiger partial charge in [0.25, 0.3) is 0 Å². The van der Waals surface area contributed by atoms with E-state index >= 15 is 0 Å². The summed E-state index contributed by atoms with van der Waals surface area (Å²) >= 11 is 0. The molecule has 2 aromatic rings. The number of guanidine groups is 1. The molecule has 1 aliphatic rings. The van der Waals surface area contributed by atoms with E-state index < -0.39 is 0 Å². The van der Waals surface area contributed by atoms with Crippen molar-refractivity contribution in [2.45, 2.75) is 32.7 Å². The fourth-order valence-electron chi connectivity index (χ4n) is 3.55. The van der Waals surface area contributed by atoms with Crippen LogP contribution in [0.25, 0.3) is 0 Å². The number of nitrogens with zero attached hydrogens (tertiary/aromatic N) is 2. The Hall–Kier alpha value is -2.16. The highest BCUT2D eigenvalue weighted by Gasteiger charge is 2.23. The van der Waals surface area contributed by atoms with Crippen LogP contribution in [0.3, 0.4) is 0 Å². The van der Waals surface area contributed by atoms with Crippen LogP contribution >= 0.6 is 24.0 Å². The van der Waals surface area contributed by atoms with Gasteiger partial charge in [-0.1, -0.05) is 23.8 Å². The molecule has 30 heavy (non-hydrogen) atoms. The van der Waals surface area contributed by atoms with Gasteiger partial charge in [-0.3, -0.25) is 4.99 Å². The van der Waals surface area contributed by atoms with Crippen LogP contribution in [0.1, 0.15) is 24.5 Å². The lowest BCUT2D eigenvalue weighted by Gasteiger charge is -2.20. The molecule has 7 heteroatoms. The summed E-state index contributed by atoms with van der Waals surface area (Å²) < 4.78 is 5.13. The summed E-state index contributed by atoms with van der Waals surface area (Å²) in [5.41, 5.74) is 3.43. The second kappa shape index (κ2) is 11.9. The van der Waals surface area contributed by atoms with E-state index in [-0.39, 0.29) is 29.7 Å². The molecule has 0 spiro atoms. The summed E-state index contributed by atoms with van der Waals surface area (Å²) in [6.07, 6.45) is 1.75. The standard InChI is InChI=1S/C23H32N4O2.HI/c1-4-24-23(25-13-11-18-7-10-21(29-3)15-22(18)28)26-19-12-14-27(16-19)20-8-5-17(2)6-9-20;/h5-10,15,19,28H,4,11-14,16H2,1-3H3,(H2,24,25,26);1H. The first-order valence-corrected chi connectivity index (χ1v) is 10.3. The van der Waals surface area contributed by atoms with Crippen LogP contribution in [0.4, 0.5) is 5.69 Å². The molecule has 0 radical (unpaired) electrons. The van der Waals surface area contributed by atoms with Crippen molar-refractivity contribution >= 4 is 35.6 Å². The monoisotopic (exact) mass is 524 g/mol. The SMILES string of the molecule is CCNC(=NCCc1ccc(OC)cc1O)NC1CCN(c2ccc(C)cc2)C1.I. The Bertz CT molecular complexity index is 826. The number of hydrogen-bond donors (Lipinski definition) is 3. The first-order chi connectivity index (χ1) is 14.1. The molecule has 3 N–H and O–H groups in total. The van der Waals surface area contributed by atoms with Crippen LogP contribution in [0.5, 0.6) is 11.5 Å². The summed E-state index contributed by atoms with van der Waals surface area (Å²) in [7, 11) is 1.59. The average molecular weight is 524 g/mol. The Balaban J connectivity index is 0.00000320. The number of rotatable bonds is 7. The number of phenolic OH excluding ortho intramolecular Hbond substituents is 1. The number of ether oxygens (including phenoxy) is 1. The van der Waals surface area contributed by atoms with Crippen molar-refractivity contribution in [1.29, 1.82) is 0 Å². The van der Waals surface area contributed by atoms with Crippen molar-refractivity contribution < 1.29 is 9.84 Å². The largest absolute Gasteiger partial charge is 0.508 e. The van der Waals surface area contributed by atoms with E-state index in [4.69, 9.17) is 9.73 Å². The van der Waals surface area contributed by atoms with Gasteiger partial charge in [0.15, 0.2) is 5.96 Å². The zero-order valence-electron chi connectivity index (χ0n) is 18.0. The van der Waals surface area contributed by atoms with E-state index in [2.05, 4.69) is 53.6 Å². The summed E-state index contributed by atoms with van der Waals surface area (Å²) in [6, 6.07) is 14.5. The van der Waals surface area contributed by atoms with E-state index in [1.165, 1.54) is 11.3 Å². The molecule has 1 heterocycles. The minimum absolute atomic E-state index is 0. The lowest BCUT2D eigenvalue weighted by molar-refractivity contribution is 0.406. The minimum atomic E-state index is 0. The van der Waals surface area contributed by atoms with Gasteiger partial charge in [-0.05, 0) is 50.5 Å². The molecule has 1 aliphatic heterocycles. The number of aromatic hydroxyl groups is 1. The lowest BCUT2D eigenvalue weighted by Crippen LogP contribution is -2.44. The third kappa shape index (κ3) is 6.68. The van der Waals surface area contributed by atoms with Crippen molar-refractivity contribution in [2.75, 3.05) is 38.2 Å². The van der Waals surface area contributed by atoms with E-state index in [1.807, 2.05) is 12.1 Å². The fraction of sp³-hybridized carbons (Fsp3) is 0.435. The minimum Gasteiger partial charge on any atom is -0.508 e. The molecule has 1 unspecified atom stereocenters. The van der Waals surface area contributed by atoms with Crippen LogP contribution in [0.15, 0.2) is 47.5 Å². The fourth-order valence-corrected chi connectivity index (χ4v) is 3.55. The first-order valence-electron chi connectivity index (χ1n) is 10.3. The molecule has 0 amide bonds. The molecule has 6 nitrogen and oxygen atoms in total. The normalized spacial score (nSPS) is 16.2. The van der Waals surface area contributed by atoms with Crippen LogP contribution < -0.4 is 20.3 Å². The quantitative estimate of drug-likeness (QED) is 0.293. The molecular formula is C23H33IN4O2. The highest BCUT2D eigenvalue weighted by Crippen LogP contribution is 2.24. The maximum absolute atomic E-state index is 10.1. The third-order valence-corrected chi connectivity index (χ3v) is 5.22. The van der Waals surface area contributed by atoms with Crippen molar-refractivity contribution in [2.24, 2.45) is 4.99 Å². The van der Waals surface area contributed by atoms with Crippen LogP contribution in [0.2, 0.25) is 0 Å². The van der Waals surface area contributed by atoms with Gasteiger partial charge in [0.2, 0.25) is 0 Å². The molecule has 2 aromatic carbocycles. The molecule has 0 aliphatic carbocycles. The number of methoxy groups -OCH3 is 1. The van der Waals surface area contributed by atoms with Gasteiger partial charge in [-0.25, -0.2) is 0 Å². The van der Waals surface area contributed by atoms with Gasteiger partial charge in [0.05, 0.1) is 7.11 Å². The number of halogens is 1. The lowest BCUT2D eigenvalue weighted by atomic mass is 10.1. The Kier molecular flexibility index (Phi) is 9.55. The Labute approximate surface area is 196 Å². The zero-order valence-corrected chi connectivity index (χ0v) is 20.3. The van der Waals surface area contributed by atoms with Crippen LogP contribution in [-0.2, 0) is 6.42 Å². The topological polar surface area (TPSA) is 69.1 Å². The summed E-state index contributed by atoms with van der Waals surface area (Å²) in [6.45, 7) is 7.60. The number of anilines is 1. The second-order valence-corrected chi connectivity index (χ2v) is 7.42. The van der Waals surface area contributed by atoms with Gasteiger partial charge in [0, 0.05) is 44.0 Å². The van der Waals surface area contributed by atoms with Crippen LogP contribution in [0, 0.1) is 6.92 Å². The molecule has 1 atom stereocenters. The van der Waals surface area contributed by atoms with Crippen molar-refractivity contribution in [1.82, 2.24) is 10.6 Å². The Morgan fingerprint density at radius 2 is 2.00 bits per heavy atom. The number of hydrogen-bond acceptors (Lipinski definition) is 4. The van der Waals surface area contributed by atoms with E-state index in [1.54, 1.807) is 13.2 Å². The van der Waals surface area contributed by atoms with Gasteiger partial charge in [-0.15, -0.1) is 24.0 Å².